The zero-order valence-electron chi connectivity index (χ0n) is 5.75. The summed E-state index contributed by atoms with van der Waals surface area (Å²) in [5.41, 5.74) is 5.67. The second kappa shape index (κ2) is 3.28. The van der Waals surface area contributed by atoms with Gasteiger partial charge in [-0.1, -0.05) is 11.6 Å². The molecule has 1 aromatic carbocycles. The van der Waals surface area contributed by atoms with Crippen molar-refractivity contribution in [3.8, 4) is 0 Å². The monoisotopic (exact) mass is 250 g/mol. The number of hydrogen-bond donors (Lipinski definition) is 1. The molecule has 0 saturated heterocycles. The van der Waals surface area contributed by atoms with Crippen molar-refractivity contribution in [1.82, 2.24) is 0 Å². The number of halogens is 2. The maximum Gasteiger partial charge on any atom is 0.272 e. The van der Waals surface area contributed by atoms with E-state index in [9.17, 15) is 10.1 Å². The smallest absolute Gasteiger partial charge is 0.272 e. The van der Waals surface area contributed by atoms with E-state index in [0.29, 0.717) is 10.2 Å². The van der Waals surface area contributed by atoms with Gasteiger partial charge in [0.2, 0.25) is 0 Å². The topological polar surface area (TPSA) is 69.2 Å². The summed E-state index contributed by atoms with van der Waals surface area (Å²) in [6.45, 7) is 0. The van der Waals surface area contributed by atoms with Gasteiger partial charge in [-0.05, 0) is 15.9 Å². The fourth-order valence-electron chi connectivity index (χ4n) is 0.676. The van der Waals surface area contributed by atoms with Gasteiger partial charge < -0.3 is 5.73 Å². The highest BCUT2D eigenvalue weighted by Crippen LogP contribution is 2.32. The third-order valence-corrected chi connectivity index (χ3v) is 2.24. The van der Waals surface area contributed by atoms with Crippen LogP contribution in [0, 0.1) is 10.1 Å². The van der Waals surface area contributed by atoms with Crippen LogP contribution in [0.2, 0.25) is 5.02 Å². The van der Waals surface area contributed by atoms with Crippen LogP contribution in [0.5, 0.6) is 0 Å². The van der Waals surface area contributed by atoms with Gasteiger partial charge in [-0.2, -0.15) is 0 Å². The molecule has 0 aliphatic rings. The van der Waals surface area contributed by atoms with Crippen LogP contribution in [0.1, 0.15) is 0 Å². The van der Waals surface area contributed by atoms with Gasteiger partial charge >= 0.3 is 0 Å². The molecule has 0 aliphatic carbocycles. The molecule has 0 heterocycles. The molecule has 0 radical (unpaired) electrons. The Labute approximate surface area is 81.6 Å². The standard InChI is InChI=1S/C6H4BrClN2O2/c7-4-1-3(10(11)12)2-5(8)6(4)9/h1-2H,9H2. The molecule has 2 N–H and O–H groups in total. The third kappa shape index (κ3) is 1.67. The molecule has 6 heteroatoms. The Morgan fingerprint density at radius 1 is 1.58 bits per heavy atom. The number of rotatable bonds is 1. The Kier molecular flexibility index (Phi) is 2.54. The Morgan fingerprint density at radius 2 is 2.17 bits per heavy atom. The van der Waals surface area contributed by atoms with Gasteiger partial charge in [0.1, 0.15) is 0 Å². The van der Waals surface area contributed by atoms with Crippen molar-refractivity contribution in [2.75, 3.05) is 5.73 Å². The number of hydrogen-bond acceptors (Lipinski definition) is 3. The predicted octanol–water partition coefficient (Wildman–Crippen LogP) is 2.59. The van der Waals surface area contributed by atoms with Gasteiger partial charge in [0.25, 0.3) is 5.69 Å². The zero-order chi connectivity index (χ0) is 9.30. The largest absolute Gasteiger partial charge is 0.397 e. The maximum atomic E-state index is 10.3. The zero-order valence-corrected chi connectivity index (χ0v) is 8.09. The molecule has 64 valence electrons. The third-order valence-electron chi connectivity index (χ3n) is 1.27. The number of nitrogens with zero attached hydrogens (tertiary/aromatic N) is 1. The van der Waals surface area contributed by atoms with Crippen molar-refractivity contribution in [3.63, 3.8) is 0 Å². The van der Waals surface area contributed by atoms with E-state index in [-0.39, 0.29) is 10.7 Å². The van der Waals surface area contributed by atoms with Gasteiger partial charge in [0, 0.05) is 16.6 Å². The van der Waals surface area contributed by atoms with Crippen molar-refractivity contribution in [2.45, 2.75) is 0 Å². The van der Waals surface area contributed by atoms with Gasteiger partial charge in [-0.15, -0.1) is 0 Å². The van der Waals surface area contributed by atoms with E-state index in [1.807, 2.05) is 0 Å². The molecule has 0 spiro atoms. The van der Waals surface area contributed by atoms with Gasteiger partial charge in [0.05, 0.1) is 15.6 Å². The van der Waals surface area contributed by atoms with Crippen LogP contribution >= 0.6 is 27.5 Å². The number of nitrogens with two attached hydrogens (primary N) is 1. The molecule has 4 nitrogen and oxygen atoms in total. The highest BCUT2D eigenvalue weighted by molar-refractivity contribution is 9.10. The molecule has 0 atom stereocenters. The summed E-state index contributed by atoms with van der Waals surface area (Å²) in [6, 6.07) is 2.52. The highest BCUT2D eigenvalue weighted by Gasteiger charge is 2.11. The lowest BCUT2D eigenvalue weighted by atomic mass is 10.3. The lowest BCUT2D eigenvalue weighted by molar-refractivity contribution is -0.384. The first-order valence-corrected chi connectivity index (χ1v) is 4.08. The minimum Gasteiger partial charge on any atom is -0.397 e. The second-order valence-electron chi connectivity index (χ2n) is 2.08. The molecular weight excluding hydrogens is 247 g/mol. The molecule has 0 aromatic heterocycles. The van der Waals surface area contributed by atoms with Crippen LogP contribution in [0.15, 0.2) is 16.6 Å². The van der Waals surface area contributed by atoms with E-state index in [0.717, 1.165) is 0 Å². The van der Waals surface area contributed by atoms with Crippen LogP contribution in [-0.2, 0) is 0 Å². The predicted molar refractivity (Wildman–Crippen MR) is 50.2 cm³/mol. The number of nitrogen functional groups attached to an aromatic ring is 1. The molecule has 0 amide bonds. The van der Waals surface area contributed by atoms with Crippen LogP contribution in [-0.4, -0.2) is 4.92 Å². The van der Waals surface area contributed by atoms with E-state index in [1.54, 1.807) is 0 Å². The molecule has 0 saturated carbocycles. The van der Waals surface area contributed by atoms with Gasteiger partial charge in [0.15, 0.2) is 0 Å². The van der Waals surface area contributed by atoms with Crippen molar-refractivity contribution in [3.05, 3.63) is 31.7 Å². The van der Waals surface area contributed by atoms with E-state index in [1.165, 1.54) is 12.1 Å². The SMILES string of the molecule is Nc1c(Cl)cc([N+](=O)[O-])cc1Br. The lowest BCUT2D eigenvalue weighted by Crippen LogP contribution is -1.92. The minimum absolute atomic E-state index is 0.0823. The first-order valence-electron chi connectivity index (χ1n) is 2.91. The molecule has 0 bridgehead atoms. The van der Waals surface area contributed by atoms with Gasteiger partial charge in [-0.25, -0.2) is 0 Å². The van der Waals surface area contributed by atoms with Crippen LogP contribution in [0.25, 0.3) is 0 Å². The normalized spacial score (nSPS) is 9.83. The summed E-state index contributed by atoms with van der Waals surface area (Å²) in [5, 5.41) is 10.5. The number of nitro benzene ring substituents is 1. The summed E-state index contributed by atoms with van der Waals surface area (Å²) in [5.74, 6) is 0. The number of nitro groups is 1. The molecule has 1 rings (SSSR count). The lowest BCUT2D eigenvalue weighted by Gasteiger charge is -1.99. The van der Waals surface area contributed by atoms with E-state index in [2.05, 4.69) is 15.9 Å². The fourth-order valence-corrected chi connectivity index (χ4v) is 1.45. The second-order valence-corrected chi connectivity index (χ2v) is 3.34. The number of non-ortho nitro benzene ring substituents is 1. The van der Waals surface area contributed by atoms with Crippen molar-refractivity contribution < 1.29 is 4.92 Å². The minimum atomic E-state index is -0.532. The summed E-state index contributed by atoms with van der Waals surface area (Å²) in [4.78, 5) is 9.77. The first kappa shape index (κ1) is 9.28. The summed E-state index contributed by atoms with van der Waals surface area (Å²) >= 11 is 8.66. The van der Waals surface area contributed by atoms with Crippen molar-refractivity contribution >= 4 is 38.9 Å². The first-order chi connectivity index (χ1) is 5.52. The summed E-state index contributed by atoms with van der Waals surface area (Å²) < 4.78 is 0.432. The average Bonchev–Trinajstić information content (AvgIpc) is 1.99. The van der Waals surface area contributed by atoms with E-state index in [4.69, 9.17) is 17.3 Å². The van der Waals surface area contributed by atoms with Crippen LogP contribution in [0.3, 0.4) is 0 Å². The van der Waals surface area contributed by atoms with Crippen molar-refractivity contribution in [1.29, 1.82) is 0 Å². The molecule has 0 aliphatic heterocycles. The number of anilines is 1. The summed E-state index contributed by atoms with van der Waals surface area (Å²) in [7, 11) is 0. The Morgan fingerprint density at radius 3 is 2.58 bits per heavy atom. The highest BCUT2D eigenvalue weighted by atomic mass is 79.9. The molecular formula is C6H4BrClN2O2. The molecule has 12 heavy (non-hydrogen) atoms. The Bertz CT molecular complexity index is 319. The number of benzene rings is 1. The van der Waals surface area contributed by atoms with Crippen molar-refractivity contribution in [2.24, 2.45) is 0 Å². The average molecular weight is 251 g/mol. The fraction of sp³-hybridized carbons (Fsp3) is 0. The molecule has 0 fully saturated rings. The van der Waals surface area contributed by atoms with E-state index >= 15 is 0 Å². The Hall–Kier alpha value is -0.810. The van der Waals surface area contributed by atoms with Gasteiger partial charge in [-0.3, -0.25) is 10.1 Å². The Balaban J connectivity index is 3.31. The summed E-state index contributed by atoms with van der Waals surface area (Å²) in [6.07, 6.45) is 0. The molecule has 1 aromatic rings. The van der Waals surface area contributed by atoms with E-state index < -0.39 is 4.92 Å². The quantitative estimate of drug-likeness (QED) is 0.474. The van der Waals surface area contributed by atoms with Crippen LogP contribution < -0.4 is 5.73 Å². The molecule has 0 unspecified atom stereocenters. The maximum absolute atomic E-state index is 10.3. The van der Waals surface area contributed by atoms with Crippen LogP contribution in [0.4, 0.5) is 11.4 Å².